The number of rotatable bonds is 9. The second-order valence-electron chi connectivity index (χ2n) is 5.89. The van der Waals surface area contributed by atoms with Crippen molar-refractivity contribution in [3.05, 3.63) is 35.4 Å². The van der Waals surface area contributed by atoms with E-state index < -0.39 is 0 Å². The smallest absolute Gasteiger partial charge is 0.191 e. The molecule has 0 unspecified atom stereocenters. The fourth-order valence-corrected chi connectivity index (χ4v) is 2.29. The minimum Gasteiger partial charge on any atom is -0.357 e. The van der Waals surface area contributed by atoms with Crippen LogP contribution in [0.25, 0.3) is 0 Å². The van der Waals surface area contributed by atoms with Crippen LogP contribution < -0.4 is 10.6 Å². The number of guanidine groups is 1. The zero-order chi connectivity index (χ0) is 16.2. The molecule has 5 heteroatoms. The van der Waals surface area contributed by atoms with Gasteiger partial charge >= 0.3 is 0 Å². The highest BCUT2D eigenvalue weighted by molar-refractivity contribution is 14.0. The summed E-state index contributed by atoms with van der Waals surface area (Å²) in [6, 6.07) is 8.67. The molecule has 23 heavy (non-hydrogen) atoms. The van der Waals surface area contributed by atoms with Gasteiger partial charge in [-0.25, -0.2) is 4.99 Å². The van der Waals surface area contributed by atoms with Gasteiger partial charge in [-0.2, -0.15) is 0 Å². The number of aliphatic imine (C=N–C) groups is 1. The third kappa shape index (κ3) is 10.5. The van der Waals surface area contributed by atoms with Gasteiger partial charge in [-0.3, -0.25) is 0 Å². The zero-order valence-electron chi connectivity index (χ0n) is 15.1. The number of nitrogens with zero attached hydrogens (tertiary/aromatic N) is 2. The van der Waals surface area contributed by atoms with Crippen LogP contribution in [0.3, 0.4) is 0 Å². The summed E-state index contributed by atoms with van der Waals surface area (Å²) in [5.74, 6) is 0.914. The van der Waals surface area contributed by atoms with Crippen LogP contribution in [0.5, 0.6) is 0 Å². The van der Waals surface area contributed by atoms with E-state index >= 15 is 0 Å². The summed E-state index contributed by atoms with van der Waals surface area (Å²) in [4.78, 5) is 6.86. The molecule has 0 saturated heterocycles. The molecular weight excluding hydrogens is 399 g/mol. The standard InChI is InChI=1S/C18H32N4.HI/c1-5-7-8-12-20-18(19-6-2)21-14-16-10-9-11-17(13-16)15-22(3)4;/h9-11,13H,5-8,12,14-15H2,1-4H3,(H2,19,20,21);1H. The number of unbranched alkanes of at least 4 members (excludes halogenated alkanes) is 2. The highest BCUT2D eigenvalue weighted by Gasteiger charge is 2.00. The van der Waals surface area contributed by atoms with Gasteiger partial charge < -0.3 is 15.5 Å². The van der Waals surface area contributed by atoms with E-state index in [-0.39, 0.29) is 24.0 Å². The lowest BCUT2D eigenvalue weighted by molar-refractivity contribution is 0.402. The highest BCUT2D eigenvalue weighted by Crippen LogP contribution is 2.08. The Morgan fingerprint density at radius 3 is 2.48 bits per heavy atom. The first-order chi connectivity index (χ1) is 10.7. The monoisotopic (exact) mass is 432 g/mol. The maximum absolute atomic E-state index is 4.68. The average molecular weight is 432 g/mol. The third-order valence-corrected chi connectivity index (χ3v) is 3.33. The molecule has 0 aromatic heterocycles. The molecule has 0 spiro atoms. The zero-order valence-corrected chi connectivity index (χ0v) is 17.4. The summed E-state index contributed by atoms with van der Waals surface area (Å²) in [5.41, 5.74) is 2.59. The van der Waals surface area contributed by atoms with Crippen molar-refractivity contribution < 1.29 is 0 Å². The lowest BCUT2D eigenvalue weighted by Gasteiger charge is -2.12. The maximum atomic E-state index is 4.68. The van der Waals surface area contributed by atoms with E-state index in [9.17, 15) is 0 Å². The normalized spacial score (nSPS) is 11.3. The molecule has 0 fully saturated rings. The molecule has 0 heterocycles. The van der Waals surface area contributed by atoms with E-state index in [4.69, 9.17) is 0 Å². The van der Waals surface area contributed by atoms with Gasteiger partial charge in [-0.05, 0) is 38.6 Å². The van der Waals surface area contributed by atoms with E-state index in [0.29, 0.717) is 6.54 Å². The van der Waals surface area contributed by atoms with Crippen LogP contribution in [-0.4, -0.2) is 38.0 Å². The summed E-state index contributed by atoms with van der Waals surface area (Å²) in [6.07, 6.45) is 3.70. The molecule has 132 valence electrons. The van der Waals surface area contributed by atoms with Crippen molar-refractivity contribution in [2.45, 2.75) is 46.2 Å². The Kier molecular flexibility index (Phi) is 13.1. The fraction of sp³-hybridized carbons (Fsp3) is 0.611. The molecule has 1 aromatic carbocycles. The third-order valence-electron chi connectivity index (χ3n) is 3.33. The average Bonchev–Trinajstić information content (AvgIpc) is 2.49. The second-order valence-corrected chi connectivity index (χ2v) is 5.89. The lowest BCUT2D eigenvalue weighted by Crippen LogP contribution is -2.37. The van der Waals surface area contributed by atoms with E-state index in [0.717, 1.165) is 25.6 Å². The van der Waals surface area contributed by atoms with Crippen LogP contribution in [0, 0.1) is 0 Å². The minimum absolute atomic E-state index is 0. The predicted molar refractivity (Wildman–Crippen MR) is 112 cm³/mol. The van der Waals surface area contributed by atoms with Gasteiger partial charge in [0.1, 0.15) is 0 Å². The fourth-order valence-electron chi connectivity index (χ4n) is 2.29. The summed E-state index contributed by atoms with van der Waals surface area (Å²) < 4.78 is 0. The van der Waals surface area contributed by atoms with Crippen molar-refractivity contribution in [2.24, 2.45) is 4.99 Å². The molecule has 0 aliphatic rings. The number of hydrogen-bond acceptors (Lipinski definition) is 2. The Balaban J connectivity index is 0.00000484. The largest absolute Gasteiger partial charge is 0.357 e. The van der Waals surface area contributed by atoms with Crippen LogP contribution in [0.4, 0.5) is 0 Å². The first kappa shape index (κ1) is 22.2. The molecule has 0 atom stereocenters. The van der Waals surface area contributed by atoms with Crippen LogP contribution in [0.1, 0.15) is 44.2 Å². The van der Waals surface area contributed by atoms with Gasteiger partial charge in [0.25, 0.3) is 0 Å². The Hall–Kier alpha value is -0.820. The predicted octanol–water partition coefficient (Wildman–Crippen LogP) is 3.61. The summed E-state index contributed by atoms with van der Waals surface area (Å²) >= 11 is 0. The number of benzene rings is 1. The Labute approximate surface area is 159 Å². The van der Waals surface area contributed by atoms with Crippen molar-refractivity contribution >= 4 is 29.9 Å². The highest BCUT2D eigenvalue weighted by atomic mass is 127. The van der Waals surface area contributed by atoms with Crippen molar-refractivity contribution in [2.75, 3.05) is 27.2 Å². The van der Waals surface area contributed by atoms with Gasteiger partial charge in [0, 0.05) is 19.6 Å². The van der Waals surface area contributed by atoms with E-state index in [2.05, 4.69) is 72.7 Å². The van der Waals surface area contributed by atoms with Crippen molar-refractivity contribution in [1.82, 2.24) is 15.5 Å². The molecule has 1 aromatic rings. The van der Waals surface area contributed by atoms with Crippen molar-refractivity contribution in [1.29, 1.82) is 0 Å². The number of halogens is 1. The molecule has 0 saturated carbocycles. The molecule has 0 bridgehead atoms. The molecule has 0 aliphatic heterocycles. The molecule has 0 radical (unpaired) electrons. The number of nitrogens with one attached hydrogen (secondary N) is 2. The lowest BCUT2D eigenvalue weighted by atomic mass is 10.1. The molecule has 1 rings (SSSR count). The van der Waals surface area contributed by atoms with Gasteiger partial charge in [-0.1, -0.05) is 44.0 Å². The molecule has 2 N–H and O–H groups in total. The van der Waals surface area contributed by atoms with Crippen LogP contribution in [0.2, 0.25) is 0 Å². The quantitative estimate of drug-likeness (QED) is 0.271. The van der Waals surface area contributed by atoms with E-state index in [1.165, 1.54) is 30.4 Å². The van der Waals surface area contributed by atoms with Gasteiger partial charge in [0.05, 0.1) is 6.54 Å². The Morgan fingerprint density at radius 2 is 1.83 bits per heavy atom. The summed E-state index contributed by atoms with van der Waals surface area (Å²) in [7, 11) is 4.18. The first-order valence-electron chi connectivity index (χ1n) is 8.40. The Morgan fingerprint density at radius 1 is 1.09 bits per heavy atom. The molecule has 0 amide bonds. The summed E-state index contributed by atoms with van der Waals surface area (Å²) in [6.45, 7) is 7.87. The van der Waals surface area contributed by atoms with Crippen molar-refractivity contribution in [3.8, 4) is 0 Å². The van der Waals surface area contributed by atoms with Gasteiger partial charge in [0.2, 0.25) is 0 Å². The molecule has 4 nitrogen and oxygen atoms in total. The maximum Gasteiger partial charge on any atom is 0.191 e. The first-order valence-corrected chi connectivity index (χ1v) is 8.40. The number of hydrogen-bond donors (Lipinski definition) is 2. The van der Waals surface area contributed by atoms with E-state index in [1.54, 1.807) is 0 Å². The van der Waals surface area contributed by atoms with Crippen molar-refractivity contribution in [3.63, 3.8) is 0 Å². The van der Waals surface area contributed by atoms with Crippen LogP contribution in [0.15, 0.2) is 29.3 Å². The van der Waals surface area contributed by atoms with Gasteiger partial charge in [-0.15, -0.1) is 24.0 Å². The van der Waals surface area contributed by atoms with Crippen LogP contribution >= 0.6 is 24.0 Å². The molecule has 0 aliphatic carbocycles. The summed E-state index contributed by atoms with van der Waals surface area (Å²) in [5, 5.41) is 6.71. The minimum atomic E-state index is 0. The second kappa shape index (κ2) is 13.6. The van der Waals surface area contributed by atoms with Gasteiger partial charge in [0.15, 0.2) is 5.96 Å². The topological polar surface area (TPSA) is 39.7 Å². The molecular formula is C18H33IN4. The van der Waals surface area contributed by atoms with Crippen LogP contribution in [-0.2, 0) is 13.1 Å². The SMILES string of the molecule is CCCCCNC(=NCc1cccc(CN(C)C)c1)NCC.I. The Bertz CT molecular complexity index is 446. The van der Waals surface area contributed by atoms with E-state index in [1.807, 2.05) is 0 Å².